The summed E-state index contributed by atoms with van der Waals surface area (Å²) in [5.41, 5.74) is 0.0283. The Balaban J connectivity index is 1.71. The lowest BCUT2D eigenvalue weighted by Crippen LogP contribution is -2.50. The van der Waals surface area contributed by atoms with Crippen LogP contribution in [0.25, 0.3) is 0 Å². The highest BCUT2D eigenvalue weighted by atomic mass is 19.1. The highest BCUT2D eigenvalue weighted by molar-refractivity contribution is 5.86. The summed E-state index contributed by atoms with van der Waals surface area (Å²) in [7, 11) is 1.49. The first-order valence-corrected chi connectivity index (χ1v) is 8.35. The number of halogens is 1. The quantitative estimate of drug-likeness (QED) is 0.844. The molecule has 0 radical (unpaired) electrons. The van der Waals surface area contributed by atoms with Gasteiger partial charge in [0.05, 0.1) is 5.41 Å². The molecular weight excluding hydrogens is 311 g/mol. The van der Waals surface area contributed by atoms with Crippen molar-refractivity contribution >= 4 is 11.8 Å². The van der Waals surface area contributed by atoms with Gasteiger partial charge in [0.2, 0.25) is 11.8 Å². The van der Waals surface area contributed by atoms with Crippen molar-refractivity contribution in [1.29, 1.82) is 0 Å². The summed E-state index contributed by atoms with van der Waals surface area (Å²) in [6.45, 7) is 2.01. The number of amides is 2. The van der Waals surface area contributed by atoms with Crippen molar-refractivity contribution in [3.8, 4) is 0 Å². The molecule has 2 aliphatic heterocycles. The lowest BCUT2D eigenvalue weighted by atomic mass is 9.78. The lowest BCUT2D eigenvalue weighted by Gasteiger charge is -2.39. The summed E-state index contributed by atoms with van der Waals surface area (Å²) < 4.78 is 18.8. The number of likely N-dealkylation sites (tertiary alicyclic amines) is 2. The van der Waals surface area contributed by atoms with E-state index in [0.29, 0.717) is 38.2 Å². The van der Waals surface area contributed by atoms with Gasteiger partial charge >= 0.3 is 0 Å². The Morgan fingerprint density at radius 3 is 2.83 bits per heavy atom. The molecule has 2 heterocycles. The van der Waals surface area contributed by atoms with Crippen molar-refractivity contribution in [1.82, 2.24) is 9.80 Å². The standard InChI is InChI=1S/C18H23FN2O3/c1-24-12-16(22)21-10-8-18(13-21)7-4-9-20(17(18)23)11-14-5-2-3-6-15(14)19/h2-3,5-6H,4,7-13H2,1H3. The van der Waals surface area contributed by atoms with Crippen LogP contribution in [0.15, 0.2) is 24.3 Å². The molecule has 0 bridgehead atoms. The third-order valence-electron chi connectivity index (χ3n) is 5.12. The topological polar surface area (TPSA) is 49.9 Å². The number of rotatable bonds is 4. The smallest absolute Gasteiger partial charge is 0.248 e. The maximum absolute atomic E-state index is 13.9. The van der Waals surface area contributed by atoms with Gasteiger partial charge < -0.3 is 14.5 Å². The minimum absolute atomic E-state index is 0.0449. The normalized spacial score (nSPS) is 24.0. The molecule has 2 saturated heterocycles. The maximum atomic E-state index is 13.9. The number of ether oxygens (including phenoxy) is 1. The van der Waals surface area contributed by atoms with Gasteiger partial charge in [-0.2, -0.15) is 0 Å². The van der Waals surface area contributed by atoms with Crippen LogP contribution < -0.4 is 0 Å². The molecule has 0 aromatic heterocycles. The molecule has 1 unspecified atom stereocenters. The first kappa shape index (κ1) is 16.9. The van der Waals surface area contributed by atoms with Gasteiger partial charge in [-0.15, -0.1) is 0 Å². The zero-order valence-electron chi connectivity index (χ0n) is 14.0. The Labute approximate surface area is 141 Å². The summed E-state index contributed by atoms with van der Waals surface area (Å²) in [4.78, 5) is 28.5. The first-order chi connectivity index (χ1) is 11.6. The molecule has 1 spiro atoms. The SMILES string of the molecule is COCC(=O)N1CCC2(CCCN(Cc3ccccc3F)C2=O)C1. The molecule has 1 atom stereocenters. The second-order valence-electron chi connectivity index (χ2n) is 6.70. The van der Waals surface area contributed by atoms with Gasteiger partial charge in [-0.25, -0.2) is 4.39 Å². The van der Waals surface area contributed by atoms with Gasteiger partial charge in [0.1, 0.15) is 12.4 Å². The first-order valence-electron chi connectivity index (χ1n) is 8.35. The summed E-state index contributed by atoms with van der Waals surface area (Å²) in [6, 6.07) is 6.56. The average Bonchev–Trinajstić information content (AvgIpc) is 3.00. The van der Waals surface area contributed by atoms with Gasteiger partial charge in [0, 0.05) is 38.9 Å². The molecule has 5 nitrogen and oxygen atoms in total. The van der Waals surface area contributed by atoms with E-state index < -0.39 is 5.41 Å². The Bertz CT molecular complexity index is 636. The number of piperidine rings is 1. The zero-order valence-corrected chi connectivity index (χ0v) is 14.0. The van der Waals surface area contributed by atoms with Crippen molar-refractivity contribution in [3.05, 3.63) is 35.6 Å². The van der Waals surface area contributed by atoms with Crippen LogP contribution in [0.3, 0.4) is 0 Å². The predicted molar refractivity (Wildman–Crippen MR) is 86.6 cm³/mol. The van der Waals surface area contributed by atoms with Gasteiger partial charge in [-0.3, -0.25) is 9.59 Å². The Morgan fingerprint density at radius 1 is 1.29 bits per heavy atom. The third kappa shape index (κ3) is 3.15. The van der Waals surface area contributed by atoms with Crippen molar-refractivity contribution < 1.29 is 18.7 Å². The average molecular weight is 334 g/mol. The van der Waals surface area contributed by atoms with Crippen LogP contribution >= 0.6 is 0 Å². The molecule has 2 amide bonds. The third-order valence-corrected chi connectivity index (χ3v) is 5.12. The molecule has 2 fully saturated rings. The number of carbonyl (C=O) groups is 2. The van der Waals surface area contributed by atoms with E-state index in [1.807, 2.05) is 0 Å². The minimum Gasteiger partial charge on any atom is -0.375 e. The zero-order chi connectivity index (χ0) is 17.2. The molecule has 1 aromatic rings. The molecule has 1 aromatic carbocycles. The van der Waals surface area contributed by atoms with Gasteiger partial charge in [-0.05, 0) is 25.3 Å². The molecule has 0 saturated carbocycles. The number of nitrogens with zero attached hydrogens (tertiary/aromatic N) is 2. The van der Waals surface area contributed by atoms with E-state index >= 15 is 0 Å². The molecule has 0 aliphatic carbocycles. The molecule has 130 valence electrons. The van der Waals surface area contributed by atoms with E-state index in [1.54, 1.807) is 28.0 Å². The van der Waals surface area contributed by atoms with Crippen molar-refractivity contribution in [2.75, 3.05) is 33.4 Å². The highest BCUT2D eigenvalue weighted by Gasteiger charge is 2.49. The molecule has 24 heavy (non-hydrogen) atoms. The highest BCUT2D eigenvalue weighted by Crippen LogP contribution is 2.40. The number of benzene rings is 1. The van der Waals surface area contributed by atoms with Crippen LogP contribution in [0.1, 0.15) is 24.8 Å². The van der Waals surface area contributed by atoms with Crippen LogP contribution in [0.4, 0.5) is 4.39 Å². The molecule has 3 rings (SSSR count). The van der Waals surface area contributed by atoms with Gasteiger partial charge in [0.25, 0.3) is 0 Å². The Hall–Kier alpha value is -1.95. The number of hydrogen-bond donors (Lipinski definition) is 0. The molecule has 6 heteroatoms. The van der Waals surface area contributed by atoms with Crippen LogP contribution in [0.5, 0.6) is 0 Å². The fraction of sp³-hybridized carbons (Fsp3) is 0.556. The van der Waals surface area contributed by atoms with Crippen molar-refractivity contribution in [3.63, 3.8) is 0 Å². The van der Waals surface area contributed by atoms with E-state index in [9.17, 15) is 14.0 Å². The van der Waals surface area contributed by atoms with E-state index in [0.717, 1.165) is 12.8 Å². The summed E-state index contributed by atoms with van der Waals surface area (Å²) in [5, 5.41) is 0. The van der Waals surface area contributed by atoms with E-state index in [2.05, 4.69) is 0 Å². The van der Waals surface area contributed by atoms with Crippen LogP contribution in [0, 0.1) is 11.2 Å². The summed E-state index contributed by atoms with van der Waals surface area (Å²) >= 11 is 0. The number of hydrogen-bond acceptors (Lipinski definition) is 3. The summed E-state index contributed by atoms with van der Waals surface area (Å²) in [5.74, 6) is -0.314. The summed E-state index contributed by atoms with van der Waals surface area (Å²) in [6.07, 6.45) is 2.35. The fourth-order valence-corrected chi connectivity index (χ4v) is 3.81. The molecule has 0 N–H and O–H groups in total. The monoisotopic (exact) mass is 334 g/mol. The van der Waals surface area contributed by atoms with Crippen LogP contribution in [-0.4, -0.2) is 55.0 Å². The number of carbonyl (C=O) groups excluding carboxylic acids is 2. The van der Waals surface area contributed by atoms with Crippen molar-refractivity contribution in [2.24, 2.45) is 5.41 Å². The largest absolute Gasteiger partial charge is 0.375 e. The van der Waals surface area contributed by atoms with E-state index in [1.165, 1.54) is 13.2 Å². The lowest BCUT2D eigenvalue weighted by molar-refractivity contribution is -0.147. The predicted octanol–water partition coefficient (Wildman–Crippen LogP) is 1.81. The van der Waals surface area contributed by atoms with Crippen LogP contribution in [-0.2, 0) is 20.9 Å². The van der Waals surface area contributed by atoms with Gasteiger partial charge in [-0.1, -0.05) is 18.2 Å². The molecule has 2 aliphatic rings. The molecular formula is C18H23FN2O3. The van der Waals surface area contributed by atoms with Crippen molar-refractivity contribution in [2.45, 2.75) is 25.8 Å². The van der Waals surface area contributed by atoms with E-state index in [4.69, 9.17) is 4.74 Å². The Morgan fingerprint density at radius 2 is 2.08 bits per heavy atom. The second kappa shape index (κ2) is 6.89. The van der Waals surface area contributed by atoms with Crippen LogP contribution in [0.2, 0.25) is 0 Å². The Kier molecular flexibility index (Phi) is 4.85. The maximum Gasteiger partial charge on any atom is 0.248 e. The fourth-order valence-electron chi connectivity index (χ4n) is 3.81. The van der Waals surface area contributed by atoms with Gasteiger partial charge in [0.15, 0.2) is 0 Å². The second-order valence-corrected chi connectivity index (χ2v) is 6.70. The van der Waals surface area contributed by atoms with E-state index in [-0.39, 0.29) is 24.2 Å². The number of methoxy groups -OCH3 is 1. The minimum atomic E-state index is -0.507.